The van der Waals surface area contributed by atoms with Gasteiger partial charge in [0.15, 0.2) is 17.5 Å². The first-order valence-corrected chi connectivity index (χ1v) is 8.69. The molecule has 0 N–H and O–H groups in total. The van der Waals surface area contributed by atoms with E-state index in [4.69, 9.17) is 40.2 Å². The first-order chi connectivity index (χ1) is 12.5. The number of methoxy groups -OCH3 is 2. The zero-order chi connectivity index (χ0) is 20.6. The third-order valence-electron chi connectivity index (χ3n) is 4.70. The highest BCUT2D eigenvalue weighted by Gasteiger charge is 2.70. The first kappa shape index (κ1) is 22.1. The van der Waals surface area contributed by atoms with E-state index >= 15 is 0 Å². The summed E-state index contributed by atoms with van der Waals surface area (Å²) in [4.78, 5) is 23.4. The molecular formula is C17H26ClNO8. The Hall–Kier alpha value is -1.23. The average molecular weight is 408 g/mol. The van der Waals surface area contributed by atoms with Gasteiger partial charge < -0.3 is 28.4 Å². The molecule has 0 aromatic rings. The fourth-order valence-electron chi connectivity index (χ4n) is 3.60. The molecule has 2 aliphatic rings. The van der Waals surface area contributed by atoms with Crippen LogP contribution in [0.4, 0.5) is 4.79 Å². The Morgan fingerprint density at radius 1 is 1.22 bits per heavy atom. The van der Waals surface area contributed by atoms with E-state index in [2.05, 4.69) is 6.58 Å². The molecule has 2 aliphatic heterocycles. The lowest BCUT2D eigenvalue weighted by Gasteiger charge is -2.54. The summed E-state index contributed by atoms with van der Waals surface area (Å²) in [5, 5.41) is 0. The quantitative estimate of drug-likeness (QED) is 0.516. The van der Waals surface area contributed by atoms with Gasteiger partial charge in [-0.3, -0.25) is 4.79 Å². The van der Waals surface area contributed by atoms with E-state index in [0.29, 0.717) is 9.99 Å². The molecule has 2 rings (SSSR count). The normalized spacial score (nSPS) is 35.1. The molecule has 0 aromatic heterocycles. The zero-order valence-corrected chi connectivity index (χ0v) is 17.1. The van der Waals surface area contributed by atoms with Crippen molar-refractivity contribution in [1.82, 2.24) is 4.42 Å². The van der Waals surface area contributed by atoms with E-state index in [1.54, 1.807) is 20.8 Å². The Morgan fingerprint density at radius 3 is 2.26 bits per heavy atom. The van der Waals surface area contributed by atoms with Gasteiger partial charge >= 0.3 is 6.09 Å². The zero-order valence-electron chi connectivity index (χ0n) is 16.4. The Labute approximate surface area is 163 Å². The fourth-order valence-corrected chi connectivity index (χ4v) is 3.64. The maximum absolute atomic E-state index is 12.1. The number of hydrogen-bond donors (Lipinski definition) is 0. The molecule has 2 saturated heterocycles. The van der Waals surface area contributed by atoms with Crippen molar-refractivity contribution in [2.24, 2.45) is 0 Å². The third-order valence-corrected chi connectivity index (χ3v) is 5.08. The van der Waals surface area contributed by atoms with Crippen molar-refractivity contribution in [3.05, 3.63) is 12.2 Å². The molecule has 0 aliphatic carbocycles. The number of rotatable bonds is 4. The predicted molar refractivity (Wildman–Crippen MR) is 93.8 cm³/mol. The van der Waals surface area contributed by atoms with Crippen LogP contribution in [0.5, 0.6) is 0 Å². The molecule has 0 saturated carbocycles. The van der Waals surface area contributed by atoms with E-state index in [-0.39, 0.29) is 13.2 Å². The molecule has 2 heterocycles. The Bertz CT molecular complexity index is 626. The van der Waals surface area contributed by atoms with E-state index in [9.17, 15) is 9.59 Å². The molecule has 4 atom stereocenters. The van der Waals surface area contributed by atoms with Crippen LogP contribution < -0.4 is 0 Å². The molecule has 154 valence electrons. The minimum absolute atomic E-state index is 0.0519. The topological polar surface area (TPSA) is 92.8 Å². The van der Waals surface area contributed by atoms with Gasteiger partial charge in [-0.25, -0.2) is 4.79 Å². The number of amides is 2. The SMILES string of the molecule is C=C(C)[C@@]1(OC)[C@H](OC)[C@H](OC(=O)N(Cl)C(C)=O)CO[C@]12COC(C)(C)O2. The van der Waals surface area contributed by atoms with Gasteiger partial charge in [-0.1, -0.05) is 6.58 Å². The summed E-state index contributed by atoms with van der Waals surface area (Å²) in [7, 11) is 2.89. The summed E-state index contributed by atoms with van der Waals surface area (Å²) in [5.74, 6) is -2.97. The molecule has 2 fully saturated rings. The van der Waals surface area contributed by atoms with Crippen LogP contribution in [0.1, 0.15) is 27.7 Å². The third kappa shape index (κ3) is 3.59. The van der Waals surface area contributed by atoms with Gasteiger partial charge in [0.05, 0.1) is 6.61 Å². The van der Waals surface area contributed by atoms with Gasteiger partial charge in [0.1, 0.15) is 12.7 Å². The van der Waals surface area contributed by atoms with Crippen LogP contribution in [-0.4, -0.2) is 73.2 Å². The lowest BCUT2D eigenvalue weighted by molar-refractivity contribution is -0.372. The molecule has 10 heteroatoms. The van der Waals surface area contributed by atoms with Gasteiger partial charge in [-0.15, -0.1) is 0 Å². The van der Waals surface area contributed by atoms with Crippen molar-refractivity contribution in [2.75, 3.05) is 27.4 Å². The molecule has 0 radical (unpaired) electrons. The van der Waals surface area contributed by atoms with Crippen LogP contribution >= 0.6 is 11.8 Å². The summed E-state index contributed by atoms with van der Waals surface area (Å²) < 4.78 is 34.9. The van der Waals surface area contributed by atoms with Gasteiger partial charge in [-0.05, 0) is 26.3 Å². The minimum Gasteiger partial charge on any atom is -0.440 e. The number of hydrogen-bond acceptors (Lipinski definition) is 8. The van der Waals surface area contributed by atoms with Crippen LogP contribution in [0.25, 0.3) is 0 Å². The molecular weight excluding hydrogens is 382 g/mol. The lowest BCUT2D eigenvalue weighted by Crippen LogP contribution is -2.73. The van der Waals surface area contributed by atoms with Gasteiger partial charge in [0.2, 0.25) is 11.7 Å². The summed E-state index contributed by atoms with van der Waals surface area (Å²) in [6, 6.07) is 0. The predicted octanol–water partition coefficient (Wildman–Crippen LogP) is 1.98. The molecule has 0 bridgehead atoms. The Balaban J connectivity index is 2.41. The smallest absolute Gasteiger partial charge is 0.432 e. The molecule has 0 unspecified atom stereocenters. The lowest BCUT2D eigenvalue weighted by atomic mass is 9.77. The van der Waals surface area contributed by atoms with Crippen LogP contribution in [0.15, 0.2) is 12.2 Å². The number of imide groups is 1. The van der Waals surface area contributed by atoms with Crippen LogP contribution in [-0.2, 0) is 33.2 Å². The van der Waals surface area contributed by atoms with Crippen molar-refractivity contribution in [3.8, 4) is 0 Å². The van der Waals surface area contributed by atoms with Crippen molar-refractivity contribution >= 4 is 23.8 Å². The number of carbonyl (C=O) groups is 2. The Morgan fingerprint density at radius 2 is 1.85 bits per heavy atom. The van der Waals surface area contributed by atoms with E-state index in [1.165, 1.54) is 14.2 Å². The maximum atomic E-state index is 12.1. The number of carbonyl (C=O) groups excluding carboxylic acids is 2. The van der Waals surface area contributed by atoms with Crippen LogP contribution in [0.3, 0.4) is 0 Å². The van der Waals surface area contributed by atoms with Crippen molar-refractivity contribution in [1.29, 1.82) is 0 Å². The molecule has 2 amide bonds. The summed E-state index contributed by atoms with van der Waals surface area (Å²) in [6.45, 7) is 10.3. The standard InChI is InChI=1S/C17H26ClNO8/c1-10(2)17(23-7)13(22-6)12(26-14(21)19(18)11(3)20)8-24-16(17)9-25-15(4,5)27-16/h12-13H,1,8-9H2,2-7H3/t12-,13-,16+,17-/m1/s1. The molecule has 0 aromatic carbocycles. The van der Waals surface area contributed by atoms with Crippen molar-refractivity contribution in [3.63, 3.8) is 0 Å². The maximum Gasteiger partial charge on any atom is 0.432 e. The van der Waals surface area contributed by atoms with E-state index in [0.717, 1.165) is 6.92 Å². The van der Waals surface area contributed by atoms with Gasteiger partial charge in [-0.2, -0.15) is 4.42 Å². The second-order valence-corrected chi connectivity index (χ2v) is 7.29. The molecule has 27 heavy (non-hydrogen) atoms. The largest absolute Gasteiger partial charge is 0.440 e. The summed E-state index contributed by atoms with van der Waals surface area (Å²) in [6.07, 6.45) is -2.86. The molecule has 9 nitrogen and oxygen atoms in total. The minimum atomic E-state index is -1.36. The Kier molecular flexibility index (Phi) is 6.25. The van der Waals surface area contributed by atoms with Crippen LogP contribution in [0, 0.1) is 0 Å². The highest BCUT2D eigenvalue weighted by atomic mass is 35.5. The number of nitrogens with zero attached hydrogens (tertiary/aromatic N) is 1. The number of halogens is 1. The highest BCUT2D eigenvalue weighted by molar-refractivity contribution is 6.28. The first-order valence-electron chi connectivity index (χ1n) is 8.35. The van der Waals surface area contributed by atoms with Gasteiger partial charge in [0, 0.05) is 32.9 Å². The second kappa shape index (κ2) is 7.65. The summed E-state index contributed by atoms with van der Waals surface area (Å²) >= 11 is 5.64. The average Bonchev–Trinajstić information content (AvgIpc) is 2.90. The van der Waals surface area contributed by atoms with Crippen molar-refractivity contribution in [2.45, 2.75) is 57.1 Å². The van der Waals surface area contributed by atoms with Gasteiger partial charge in [0.25, 0.3) is 0 Å². The summed E-state index contributed by atoms with van der Waals surface area (Å²) in [5.41, 5.74) is -0.834. The van der Waals surface area contributed by atoms with E-state index in [1.807, 2.05) is 0 Å². The fraction of sp³-hybridized carbons (Fsp3) is 0.765. The van der Waals surface area contributed by atoms with Crippen molar-refractivity contribution < 1.29 is 38.0 Å². The second-order valence-electron chi connectivity index (χ2n) is 6.95. The molecule has 1 spiro atoms. The van der Waals surface area contributed by atoms with E-state index < -0.39 is 41.4 Å². The highest BCUT2D eigenvalue weighted by Crippen LogP contribution is 2.50. The monoisotopic (exact) mass is 407 g/mol. The number of ether oxygens (including phenoxy) is 6. The van der Waals surface area contributed by atoms with Crippen LogP contribution in [0.2, 0.25) is 0 Å².